The minimum Gasteiger partial charge on any atom is -0.461 e. The first-order valence-electron chi connectivity index (χ1n) is 5.89. The molecule has 3 aromatic rings. The number of aromatic nitrogens is 4. The molecule has 7 heteroatoms. The Morgan fingerprint density at radius 1 is 1.37 bits per heavy atom. The van der Waals surface area contributed by atoms with Gasteiger partial charge in [0.25, 0.3) is 5.56 Å². The van der Waals surface area contributed by atoms with Gasteiger partial charge >= 0.3 is 5.69 Å². The zero-order chi connectivity index (χ0) is 13.6. The fourth-order valence-corrected chi connectivity index (χ4v) is 2.06. The molecule has 0 aliphatic heterocycles. The summed E-state index contributed by atoms with van der Waals surface area (Å²) in [5, 5.41) is 0. The van der Waals surface area contributed by atoms with Crippen molar-refractivity contribution in [2.45, 2.75) is 20.4 Å². The van der Waals surface area contributed by atoms with E-state index >= 15 is 0 Å². The molecule has 3 aromatic heterocycles. The smallest absolute Gasteiger partial charge is 0.330 e. The number of H-pyrrole nitrogens is 2. The van der Waals surface area contributed by atoms with Gasteiger partial charge in [0.1, 0.15) is 5.52 Å². The first-order chi connectivity index (χ1) is 9.11. The molecule has 0 amide bonds. The lowest BCUT2D eigenvalue weighted by atomic mass is 10.3. The lowest BCUT2D eigenvalue weighted by Gasteiger charge is -1.99. The van der Waals surface area contributed by atoms with E-state index in [-0.39, 0.29) is 5.52 Å². The third kappa shape index (κ3) is 1.62. The molecule has 98 valence electrons. The fourth-order valence-electron chi connectivity index (χ4n) is 2.06. The SMILES string of the molecule is CCn1c(=O)[nH]c(=O)c2[nH]c(-c3occc3C)nc21. The molecule has 0 atom stereocenters. The number of furan rings is 1. The zero-order valence-corrected chi connectivity index (χ0v) is 10.5. The number of aromatic amines is 2. The van der Waals surface area contributed by atoms with Gasteiger partial charge in [-0.15, -0.1) is 0 Å². The van der Waals surface area contributed by atoms with E-state index in [0.29, 0.717) is 23.8 Å². The summed E-state index contributed by atoms with van der Waals surface area (Å²) < 4.78 is 6.73. The standard InChI is InChI=1S/C12H12N4O3/c1-3-16-10-7(11(17)15-12(16)18)13-9(14-10)8-6(2)4-5-19-8/h4-5H,3H2,1-2H3,(H,13,14)(H,15,17,18). The molecule has 0 bridgehead atoms. The summed E-state index contributed by atoms with van der Waals surface area (Å²) in [6, 6.07) is 1.81. The highest BCUT2D eigenvalue weighted by molar-refractivity contribution is 5.74. The lowest BCUT2D eigenvalue weighted by molar-refractivity contribution is 0.576. The Bertz CT molecular complexity index is 865. The maximum atomic E-state index is 11.8. The predicted octanol–water partition coefficient (Wildman–Crippen LogP) is 1.00. The topological polar surface area (TPSA) is 96.7 Å². The van der Waals surface area contributed by atoms with E-state index in [1.807, 2.05) is 13.8 Å². The van der Waals surface area contributed by atoms with Crippen molar-refractivity contribution >= 4 is 11.2 Å². The number of hydrogen-bond donors (Lipinski definition) is 2. The summed E-state index contributed by atoms with van der Waals surface area (Å²) in [7, 11) is 0. The van der Waals surface area contributed by atoms with Gasteiger partial charge in [-0.1, -0.05) is 0 Å². The summed E-state index contributed by atoms with van der Waals surface area (Å²) in [5.74, 6) is 1.00. The van der Waals surface area contributed by atoms with E-state index in [1.54, 1.807) is 12.3 Å². The number of nitrogens with one attached hydrogen (secondary N) is 2. The van der Waals surface area contributed by atoms with Gasteiger partial charge < -0.3 is 9.40 Å². The molecule has 0 unspecified atom stereocenters. The van der Waals surface area contributed by atoms with Crippen molar-refractivity contribution in [1.82, 2.24) is 19.5 Å². The van der Waals surface area contributed by atoms with Crippen LogP contribution in [0.5, 0.6) is 0 Å². The van der Waals surface area contributed by atoms with Gasteiger partial charge in [-0.2, -0.15) is 0 Å². The van der Waals surface area contributed by atoms with Crippen LogP contribution in [0.15, 0.2) is 26.3 Å². The third-order valence-corrected chi connectivity index (χ3v) is 3.03. The molecule has 2 N–H and O–H groups in total. The Morgan fingerprint density at radius 2 is 2.16 bits per heavy atom. The zero-order valence-electron chi connectivity index (χ0n) is 10.5. The van der Waals surface area contributed by atoms with E-state index in [1.165, 1.54) is 4.57 Å². The number of fused-ring (bicyclic) bond motifs is 1. The molecule has 0 spiro atoms. The summed E-state index contributed by atoms with van der Waals surface area (Å²) >= 11 is 0. The van der Waals surface area contributed by atoms with Crippen LogP contribution in [0.3, 0.4) is 0 Å². The molecule has 0 radical (unpaired) electrons. The Labute approximate surface area is 106 Å². The van der Waals surface area contributed by atoms with Gasteiger partial charge in [-0.3, -0.25) is 14.3 Å². The molecule has 0 saturated heterocycles. The van der Waals surface area contributed by atoms with Crippen LogP contribution in [0, 0.1) is 6.92 Å². The summed E-state index contributed by atoms with van der Waals surface area (Å²) in [5.41, 5.74) is 0.567. The van der Waals surface area contributed by atoms with E-state index in [0.717, 1.165) is 5.56 Å². The van der Waals surface area contributed by atoms with Crippen LogP contribution in [-0.4, -0.2) is 19.5 Å². The second-order valence-electron chi connectivity index (χ2n) is 4.22. The van der Waals surface area contributed by atoms with Crippen LogP contribution in [0.4, 0.5) is 0 Å². The molecule has 3 rings (SSSR count). The molecule has 0 saturated carbocycles. The van der Waals surface area contributed by atoms with Crippen LogP contribution < -0.4 is 11.2 Å². The van der Waals surface area contributed by atoms with Crippen LogP contribution in [-0.2, 0) is 6.54 Å². The van der Waals surface area contributed by atoms with Gasteiger partial charge in [0.15, 0.2) is 17.2 Å². The van der Waals surface area contributed by atoms with Gasteiger partial charge in [-0.25, -0.2) is 9.78 Å². The third-order valence-electron chi connectivity index (χ3n) is 3.03. The normalized spacial score (nSPS) is 11.3. The summed E-state index contributed by atoms with van der Waals surface area (Å²) in [4.78, 5) is 32.9. The molecule has 3 heterocycles. The molecular formula is C12H12N4O3. The first kappa shape index (κ1) is 11.5. The highest BCUT2D eigenvalue weighted by atomic mass is 16.3. The van der Waals surface area contributed by atoms with Crippen LogP contribution in [0.1, 0.15) is 12.5 Å². The van der Waals surface area contributed by atoms with Crippen molar-refractivity contribution in [3.05, 3.63) is 38.7 Å². The Kier molecular flexibility index (Phi) is 2.41. The average Bonchev–Trinajstić information content (AvgIpc) is 2.95. The summed E-state index contributed by atoms with van der Waals surface area (Å²) in [6.07, 6.45) is 1.55. The van der Waals surface area contributed by atoms with Gasteiger partial charge in [0, 0.05) is 6.54 Å². The molecule has 0 fully saturated rings. The number of imidazole rings is 1. The Balaban J connectivity index is 2.38. The van der Waals surface area contributed by atoms with E-state index in [2.05, 4.69) is 15.0 Å². The highest BCUT2D eigenvalue weighted by Crippen LogP contribution is 2.22. The predicted molar refractivity (Wildman–Crippen MR) is 69.1 cm³/mol. The minimum atomic E-state index is -0.479. The van der Waals surface area contributed by atoms with Crippen LogP contribution >= 0.6 is 0 Å². The number of nitrogens with zero attached hydrogens (tertiary/aromatic N) is 2. The van der Waals surface area contributed by atoms with Crippen LogP contribution in [0.25, 0.3) is 22.7 Å². The van der Waals surface area contributed by atoms with Gasteiger partial charge in [0.2, 0.25) is 0 Å². The maximum absolute atomic E-state index is 11.8. The molecule has 0 aliphatic rings. The van der Waals surface area contributed by atoms with Crippen molar-refractivity contribution in [1.29, 1.82) is 0 Å². The van der Waals surface area contributed by atoms with Crippen LogP contribution in [0.2, 0.25) is 0 Å². The van der Waals surface area contributed by atoms with Gasteiger partial charge in [-0.05, 0) is 25.5 Å². The quantitative estimate of drug-likeness (QED) is 0.718. The number of rotatable bonds is 2. The second-order valence-corrected chi connectivity index (χ2v) is 4.22. The van der Waals surface area contributed by atoms with E-state index < -0.39 is 11.2 Å². The number of aryl methyl sites for hydroxylation is 2. The Hall–Kier alpha value is -2.57. The second kappa shape index (κ2) is 3.98. The molecule has 7 nitrogen and oxygen atoms in total. The largest absolute Gasteiger partial charge is 0.461 e. The van der Waals surface area contributed by atoms with Crippen molar-refractivity contribution in [3.8, 4) is 11.6 Å². The van der Waals surface area contributed by atoms with Crippen molar-refractivity contribution < 1.29 is 4.42 Å². The Morgan fingerprint density at radius 3 is 2.79 bits per heavy atom. The van der Waals surface area contributed by atoms with Crippen molar-refractivity contribution in [2.24, 2.45) is 0 Å². The molecular weight excluding hydrogens is 248 g/mol. The first-order valence-corrected chi connectivity index (χ1v) is 5.89. The summed E-state index contributed by atoms with van der Waals surface area (Å²) in [6.45, 7) is 4.11. The van der Waals surface area contributed by atoms with Gasteiger partial charge in [0.05, 0.1) is 6.26 Å². The lowest BCUT2D eigenvalue weighted by Crippen LogP contribution is -2.29. The fraction of sp³-hybridized carbons (Fsp3) is 0.250. The van der Waals surface area contributed by atoms with Crippen molar-refractivity contribution in [3.63, 3.8) is 0 Å². The minimum absolute atomic E-state index is 0.271. The maximum Gasteiger partial charge on any atom is 0.330 e. The molecule has 0 aliphatic carbocycles. The van der Waals surface area contributed by atoms with E-state index in [4.69, 9.17) is 4.42 Å². The average molecular weight is 260 g/mol. The number of hydrogen-bond acceptors (Lipinski definition) is 4. The highest BCUT2D eigenvalue weighted by Gasteiger charge is 2.15. The van der Waals surface area contributed by atoms with Crippen molar-refractivity contribution in [2.75, 3.05) is 0 Å². The molecule has 19 heavy (non-hydrogen) atoms. The molecule has 0 aromatic carbocycles. The van der Waals surface area contributed by atoms with E-state index in [9.17, 15) is 9.59 Å². The monoisotopic (exact) mass is 260 g/mol.